The molecule has 0 unspecified atom stereocenters. The number of nitriles is 1. The summed E-state index contributed by atoms with van der Waals surface area (Å²) in [5.41, 5.74) is 9.73. The Hall–Kier alpha value is -3.90. The van der Waals surface area contributed by atoms with E-state index in [-0.39, 0.29) is 12.2 Å². The van der Waals surface area contributed by atoms with E-state index in [1.165, 1.54) is 22.4 Å². The number of aromatic nitrogens is 2. The van der Waals surface area contributed by atoms with Gasteiger partial charge in [0.1, 0.15) is 11.8 Å². The summed E-state index contributed by atoms with van der Waals surface area (Å²) in [6.45, 7) is 4.65. The number of aliphatic hydroxyl groups is 1. The van der Waals surface area contributed by atoms with Crippen molar-refractivity contribution in [3.63, 3.8) is 0 Å². The zero-order chi connectivity index (χ0) is 24.2. The molecule has 9 nitrogen and oxygen atoms in total. The second-order valence-electron chi connectivity index (χ2n) is 8.61. The largest absolute Gasteiger partial charge is 0.490 e. The lowest BCUT2D eigenvalue weighted by Crippen LogP contribution is -2.55. The van der Waals surface area contributed by atoms with Crippen molar-refractivity contribution in [3.05, 3.63) is 53.1 Å². The molecular weight excluding hydrogens is 434 g/mol. The van der Waals surface area contributed by atoms with Crippen molar-refractivity contribution < 1.29 is 19.2 Å². The minimum absolute atomic E-state index is 0.00290. The Balaban J connectivity index is 0.000000291. The molecule has 1 aromatic heterocycles. The molecule has 176 valence electrons. The lowest BCUT2D eigenvalue weighted by molar-refractivity contribution is 0.0294. The van der Waals surface area contributed by atoms with Gasteiger partial charge in [-0.3, -0.25) is 0 Å². The van der Waals surface area contributed by atoms with Crippen molar-refractivity contribution in [2.24, 2.45) is 5.73 Å². The van der Waals surface area contributed by atoms with E-state index < -0.39 is 6.03 Å². The van der Waals surface area contributed by atoms with E-state index in [2.05, 4.69) is 22.3 Å². The third kappa shape index (κ3) is 5.02. The average Bonchev–Trinajstić information content (AvgIpc) is 3.47. The van der Waals surface area contributed by atoms with Gasteiger partial charge in [-0.15, -0.1) is 0 Å². The zero-order valence-corrected chi connectivity index (χ0v) is 19.2. The fourth-order valence-corrected chi connectivity index (χ4v) is 4.02. The molecule has 1 aliphatic carbocycles. The highest BCUT2D eigenvalue weighted by atomic mass is 16.5. The first kappa shape index (κ1) is 23.3. The number of nitrogens with two attached hydrogens (primary N) is 1. The molecule has 9 heteroatoms. The number of aliphatic hydroxyl groups excluding tert-OH is 1. The highest BCUT2D eigenvalue weighted by Crippen LogP contribution is 2.32. The average molecular weight is 462 g/mol. The molecule has 2 amide bonds. The maximum absolute atomic E-state index is 10.2. The molecule has 3 N–H and O–H groups in total. The quantitative estimate of drug-likeness (QED) is 0.608. The summed E-state index contributed by atoms with van der Waals surface area (Å²) in [5, 5.41) is 22.2. The molecule has 2 aliphatic rings. The highest BCUT2D eigenvalue weighted by molar-refractivity contribution is 5.73. The molecule has 1 fully saturated rings. The van der Waals surface area contributed by atoms with Crippen molar-refractivity contribution in [2.45, 2.75) is 45.3 Å². The van der Waals surface area contributed by atoms with Crippen LogP contribution in [0.2, 0.25) is 0 Å². The van der Waals surface area contributed by atoms with Crippen LogP contribution in [0.5, 0.6) is 5.75 Å². The van der Waals surface area contributed by atoms with E-state index in [1.54, 1.807) is 12.1 Å². The number of nitrogens with zero attached hydrogens (tertiary/aromatic N) is 4. The molecule has 34 heavy (non-hydrogen) atoms. The number of likely N-dealkylation sites (tertiary alicyclic amines) is 1. The minimum Gasteiger partial charge on any atom is -0.490 e. The summed E-state index contributed by atoms with van der Waals surface area (Å²) in [7, 11) is 0. The lowest BCUT2D eigenvalue weighted by Gasteiger charge is -2.33. The third-order valence-corrected chi connectivity index (χ3v) is 5.70. The van der Waals surface area contributed by atoms with Gasteiger partial charge in [0, 0.05) is 11.1 Å². The Morgan fingerprint density at radius 2 is 2.09 bits per heavy atom. The smallest absolute Gasteiger partial charge is 0.314 e. The van der Waals surface area contributed by atoms with Crippen LogP contribution in [0.25, 0.3) is 22.8 Å². The van der Waals surface area contributed by atoms with Gasteiger partial charge in [-0.1, -0.05) is 23.4 Å². The maximum atomic E-state index is 10.2. The van der Waals surface area contributed by atoms with Gasteiger partial charge in [0.2, 0.25) is 5.82 Å². The number of ether oxygens (including phenoxy) is 1. The van der Waals surface area contributed by atoms with Crippen molar-refractivity contribution in [1.29, 1.82) is 5.26 Å². The molecule has 0 bridgehead atoms. The Kier molecular flexibility index (Phi) is 6.80. The van der Waals surface area contributed by atoms with Crippen LogP contribution < -0.4 is 10.5 Å². The zero-order valence-electron chi connectivity index (χ0n) is 19.2. The number of benzene rings is 2. The summed E-state index contributed by atoms with van der Waals surface area (Å²) < 4.78 is 11.1. The van der Waals surface area contributed by atoms with Crippen LogP contribution in [-0.2, 0) is 12.8 Å². The van der Waals surface area contributed by atoms with Gasteiger partial charge in [-0.05, 0) is 62.4 Å². The molecule has 0 saturated carbocycles. The van der Waals surface area contributed by atoms with Gasteiger partial charge in [0.15, 0.2) is 0 Å². The number of hydrogen-bond donors (Lipinski definition) is 2. The summed E-state index contributed by atoms with van der Waals surface area (Å²) in [4.78, 5) is 16.1. The number of fused-ring (bicyclic) bond motifs is 1. The van der Waals surface area contributed by atoms with Crippen LogP contribution in [0.4, 0.5) is 4.79 Å². The predicted molar refractivity (Wildman–Crippen MR) is 125 cm³/mol. The fourth-order valence-electron chi connectivity index (χ4n) is 4.02. The van der Waals surface area contributed by atoms with E-state index in [9.17, 15) is 10.1 Å². The second-order valence-corrected chi connectivity index (χ2v) is 8.61. The van der Waals surface area contributed by atoms with Crippen molar-refractivity contribution in [2.75, 3.05) is 13.1 Å². The van der Waals surface area contributed by atoms with Crippen LogP contribution >= 0.6 is 0 Å². The first-order valence-electron chi connectivity index (χ1n) is 11.2. The van der Waals surface area contributed by atoms with Crippen LogP contribution in [0.1, 0.15) is 37.0 Å². The number of amides is 2. The molecule has 1 saturated heterocycles. The van der Waals surface area contributed by atoms with E-state index >= 15 is 0 Å². The molecular formula is C25H27N5O4. The van der Waals surface area contributed by atoms with Crippen LogP contribution in [0.15, 0.2) is 40.9 Å². The number of primary amides is 1. The van der Waals surface area contributed by atoms with Crippen molar-refractivity contribution in [1.82, 2.24) is 15.0 Å². The summed E-state index contributed by atoms with van der Waals surface area (Å²) in [6.07, 6.45) is 2.98. The first-order chi connectivity index (χ1) is 16.4. The first-order valence-corrected chi connectivity index (χ1v) is 11.2. The number of carbonyl (C=O) groups is 1. The summed E-state index contributed by atoms with van der Waals surface area (Å²) >= 11 is 0. The van der Waals surface area contributed by atoms with Crippen LogP contribution in [0, 0.1) is 11.3 Å². The topological polar surface area (TPSA) is 138 Å². The van der Waals surface area contributed by atoms with Gasteiger partial charge in [-0.2, -0.15) is 10.2 Å². The van der Waals surface area contributed by atoms with E-state index in [0.717, 1.165) is 18.4 Å². The summed E-state index contributed by atoms with van der Waals surface area (Å²) in [6, 6.07) is 13.3. The standard InChI is InChI=1S/C21H19N3O2.C4H8N2O2/c1-13(2)25-19-10-9-15(11-16(19)12-22)21-23-20(24-26-21)18-8-4-6-14-5-3-7-17(14)18;5-4(8)6-1-3(7)2-6/h4,6,8-11,13H,3,5,7H2,1-2H3;3,7H,1-2H2,(H2,5,8). The monoisotopic (exact) mass is 461 g/mol. The number of β-amino-alcohol motifs (C(OH)–C–C–N with tert-alkyl or cyclic N) is 1. The van der Waals surface area contributed by atoms with Gasteiger partial charge >= 0.3 is 6.03 Å². The number of rotatable bonds is 4. The van der Waals surface area contributed by atoms with E-state index in [0.29, 0.717) is 41.7 Å². The number of urea groups is 1. The third-order valence-electron chi connectivity index (χ3n) is 5.70. The molecule has 0 radical (unpaired) electrons. The van der Waals surface area contributed by atoms with Crippen molar-refractivity contribution >= 4 is 6.03 Å². The Morgan fingerprint density at radius 3 is 2.74 bits per heavy atom. The maximum Gasteiger partial charge on any atom is 0.314 e. The second kappa shape index (κ2) is 9.93. The number of carbonyl (C=O) groups excluding carboxylic acids is 1. The van der Waals surface area contributed by atoms with Gasteiger partial charge < -0.3 is 25.0 Å². The Bertz CT molecular complexity index is 1220. The fraction of sp³-hybridized carbons (Fsp3) is 0.360. The Labute approximate surface area is 197 Å². The number of hydrogen-bond acceptors (Lipinski definition) is 7. The van der Waals surface area contributed by atoms with Gasteiger partial charge in [0.25, 0.3) is 5.89 Å². The molecule has 2 aromatic carbocycles. The molecule has 0 spiro atoms. The highest BCUT2D eigenvalue weighted by Gasteiger charge is 2.26. The molecule has 3 aromatic rings. The minimum atomic E-state index is -0.449. The Morgan fingerprint density at radius 1 is 1.29 bits per heavy atom. The molecule has 5 rings (SSSR count). The molecule has 1 aliphatic heterocycles. The molecule has 2 heterocycles. The molecule has 0 atom stereocenters. The SMILES string of the molecule is CC(C)Oc1ccc(-c2nc(-c3cccc4c3CCC4)no2)cc1C#N.NC(=O)N1CC(O)C1. The van der Waals surface area contributed by atoms with Crippen LogP contribution in [0.3, 0.4) is 0 Å². The lowest BCUT2D eigenvalue weighted by atomic mass is 10.0. The predicted octanol–water partition coefficient (Wildman–Crippen LogP) is 3.29. The normalized spacial score (nSPS) is 14.6. The van der Waals surface area contributed by atoms with Gasteiger partial charge in [-0.25, -0.2) is 4.79 Å². The van der Waals surface area contributed by atoms with E-state index in [4.69, 9.17) is 20.1 Å². The summed E-state index contributed by atoms with van der Waals surface area (Å²) in [5.74, 6) is 1.56. The number of aryl methyl sites for hydroxylation is 1. The van der Waals surface area contributed by atoms with Gasteiger partial charge in [0.05, 0.1) is 30.9 Å². The van der Waals surface area contributed by atoms with E-state index in [1.807, 2.05) is 32.0 Å². The van der Waals surface area contributed by atoms with Crippen LogP contribution in [-0.4, -0.2) is 51.5 Å². The van der Waals surface area contributed by atoms with Crippen molar-refractivity contribution in [3.8, 4) is 34.7 Å².